The van der Waals surface area contributed by atoms with Gasteiger partial charge in [-0.3, -0.25) is 0 Å². The molecule has 0 aromatic heterocycles. The fourth-order valence-corrected chi connectivity index (χ4v) is 1.01. The number of hydrogen-bond donors (Lipinski definition) is 2. The van der Waals surface area contributed by atoms with Crippen molar-refractivity contribution in [3.05, 3.63) is 35.4 Å². The van der Waals surface area contributed by atoms with Crippen molar-refractivity contribution in [1.29, 1.82) is 0 Å². The summed E-state index contributed by atoms with van der Waals surface area (Å²) in [5.74, 6) is -1.28. The molecule has 1 atom stereocenters. The van der Waals surface area contributed by atoms with Gasteiger partial charge in [0, 0.05) is 18.2 Å². The number of aliphatic hydroxyl groups is 1. The molecular formula is C10H13F2NO2. The molecular weight excluding hydrogens is 204 g/mol. The zero-order valence-corrected chi connectivity index (χ0v) is 8.12. The molecule has 0 amide bonds. The second kappa shape index (κ2) is 5.75. The lowest BCUT2D eigenvalue weighted by Gasteiger charge is -2.09. The van der Waals surface area contributed by atoms with Gasteiger partial charge in [0.05, 0.1) is 19.3 Å². The number of ether oxygens (including phenoxy) is 1. The summed E-state index contributed by atoms with van der Waals surface area (Å²) in [6.07, 6.45) is -0.756. The highest BCUT2D eigenvalue weighted by atomic mass is 19.1. The number of benzene rings is 1. The largest absolute Gasteiger partial charge is 0.389 e. The second-order valence-electron chi connectivity index (χ2n) is 3.14. The molecule has 1 rings (SSSR count). The minimum Gasteiger partial charge on any atom is -0.389 e. The Morgan fingerprint density at radius 2 is 2.13 bits per heavy atom. The number of rotatable bonds is 5. The highest BCUT2D eigenvalue weighted by Gasteiger charge is 2.05. The van der Waals surface area contributed by atoms with Crippen molar-refractivity contribution in [2.75, 3.05) is 13.2 Å². The molecule has 0 bridgehead atoms. The van der Waals surface area contributed by atoms with Gasteiger partial charge in [-0.25, -0.2) is 8.78 Å². The molecule has 84 valence electrons. The summed E-state index contributed by atoms with van der Waals surface area (Å²) in [6, 6.07) is 3.25. The van der Waals surface area contributed by atoms with Crippen LogP contribution in [0.4, 0.5) is 8.78 Å². The normalized spacial score (nSPS) is 12.8. The van der Waals surface area contributed by atoms with Crippen molar-refractivity contribution in [2.24, 2.45) is 5.73 Å². The van der Waals surface area contributed by atoms with Crippen molar-refractivity contribution in [3.8, 4) is 0 Å². The van der Waals surface area contributed by atoms with E-state index in [4.69, 9.17) is 15.6 Å². The predicted octanol–water partition coefficient (Wildman–Crippen LogP) is 0.801. The monoisotopic (exact) mass is 217 g/mol. The molecule has 5 heteroatoms. The molecule has 0 radical (unpaired) electrons. The molecule has 3 nitrogen and oxygen atoms in total. The standard InChI is InChI=1S/C10H13F2NO2/c11-8-2-1-7(10(12)3-8)5-15-6-9(14)4-13/h1-3,9,14H,4-6,13H2/t9-/m1/s1. The van der Waals surface area contributed by atoms with Crippen molar-refractivity contribution in [3.63, 3.8) is 0 Å². The first kappa shape index (κ1) is 12.0. The smallest absolute Gasteiger partial charge is 0.131 e. The molecule has 1 aromatic rings. The molecule has 0 saturated carbocycles. The van der Waals surface area contributed by atoms with Gasteiger partial charge in [0.15, 0.2) is 0 Å². The summed E-state index contributed by atoms with van der Waals surface area (Å²) in [5, 5.41) is 9.05. The number of nitrogens with two attached hydrogens (primary N) is 1. The van der Waals surface area contributed by atoms with E-state index in [0.29, 0.717) is 0 Å². The Bertz CT molecular complexity index is 320. The van der Waals surface area contributed by atoms with Crippen molar-refractivity contribution < 1.29 is 18.6 Å². The third kappa shape index (κ3) is 3.91. The van der Waals surface area contributed by atoms with Crippen LogP contribution in [0.2, 0.25) is 0 Å². The molecule has 3 N–H and O–H groups in total. The number of halogens is 2. The van der Waals surface area contributed by atoms with Crippen LogP contribution < -0.4 is 5.73 Å². The third-order valence-electron chi connectivity index (χ3n) is 1.85. The average Bonchev–Trinajstić information content (AvgIpc) is 2.21. The molecule has 0 aliphatic heterocycles. The maximum Gasteiger partial charge on any atom is 0.131 e. The first-order chi connectivity index (χ1) is 7.13. The maximum absolute atomic E-state index is 13.0. The van der Waals surface area contributed by atoms with Crippen molar-refractivity contribution in [1.82, 2.24) is 0 Å². The molecule has 1 aromatic carbocycles. The summed E-state index contributed by atoms with van der Waals surface area (Å²) >= 11 is 0. The van der Waals surface area contributed by atoms with E-state index in [1.165, 1.54) is 6.07 Å². The van der Waals surface area contributed by atoms with Crippen LogP contribution >= 0.6 is 0 Å². The minimum absolute atomic E-state index is 0.0107. The van der Waals surface area contributed by atoms with Crippen LogP contribution in [-0.4, -0.2) is 24.4 Å². The van der Waals surface area contributed by atoms with E-state index in [2.05, 4.69) is 0 Å². The van der Waals surface area contributed by atoms with Crippen molar-refractivity contribution in [2.45, 2.75) is 12.7 Å². The zero-order valence-electron chi connectivity index (χ0n) is 8.12. The van der Waals surface area contributed by atoms with Gasteiger partial charge in [-0.1, -0.05) is 6.07 Å². The fourth-order valence-electron chi connectivity index (χ4n) is 1.01. The topological polar surface area (TPSA) is 55.5 Å². The Hall–Kier alpha value is -1.04. The van der Waals surface area contributed by atoms with Gasteiger partial charge >= 0.3 is 0 Å². The van der Waals surface area contributed by atoms with Crippen LogP contribution in [-0.2, 0) is 11.3 Å². The Labute approximate surface area is 86.5 Å². The molecule has 0 aliphatic rings. The zero-order chi connectivity index (χ0) is 11.3. The van der Waals surface area contributed by atoms with E-state index in [0.717, 1.165) is 12.1 Å². The van der Waals surface area contributed by atoms with Gasteiger partial charge in [0.25, 0.3) is 0 Å². The summed E-state index contributed by atoms with van der Waals surface area (Å²) < 4.78 is 30.6. The lowest BCUT2D eigenvalue weighted by atomic mass is 10.2. The summed E-state index contributed by atoms with van der Waals surface area (Å²) in [5.41, 5.74) is 5.40. The van der Waals surface area contributed by atoms with Crippen molar-refractivity contribution >= 4 is 0 Å². The lowest BCUT2D eigenvalue weighted by Crippen LogP contribution is -2.25. The quantitative estimate of drug-likeness (QED) is 0.767. The SMILES string of the molecule is NC[C@@H](O)COCc1ccc(F)cc1F. The Morgan fingerprint density at radius 3 is 2.73 bits per heavy atom. The fraction of sp³-hybridized carbons (Fsp3) is 0.400. The first-order valence-corrected chi connectivity index (χ1v) is 4.53. The lowest BCUT2D eigenvalue weighted by molar-refractivity contribution is 0.0318. The van der Waals surface area contributed by atoms with Crippen LogP contribution in [0.5, 0.6) is 0 Å². The molecule has 0 saturated heterocycles. The number of hydrogen-bond acceptors (Lipinski definition) is 3. The van der Waals surface area contributed by atoms with E-state index >= 15 is 0 Å². The molecule has 0 heterocycles. The van der Waals surface area contributed by atoms with Crippen LogP contribution in [0.3, 0.4) is 0 Å². The second-order valence-corrected chi connectivity index (χ2v) is 3.14. The van der Waals surface area contributed by atoms with E-state index in [9.17, 15) is 8.78 Å². The Kier molecular flexibility index (Phi) is 4.61. The molecule has 0 aliphatic carbocycles. The van der Waals surface area contributed by atoms with Gasteiger partial charge < -0.3 is 15.6 Å². The van der Waals surface area contributed by atoms with E-state index < -0.39 is 17.7 Å². The van der Waals surface area contributed by atoms with Gasteiger partial charge in [-0.15, -0.1) is 0 Å². The molecule has 0 spiro atoms. The number of aliphatic hydroxyl groups excluding tert-OH is 1. The molecule has 0 fully saturated rings. The van der Waals surface area contributed by atoms with Gasteiger partial charge in [0.2, 0.25) is 0 Å². The average molecular weight is 217 g/mol. The highest BCUT2D eigenvalue weighted by Crippen LogP contribution is 2.10. The Morgan fingerprint density at radius 1 is 1.40 bits per heavy atom. The first-order valence-electron chi connectivity index (χ1n) is 4.53. The molecule has 15 heavy (non-hydrogen) atoms. The molecule has 0 unspecified atom stereocenters. The van der Waals surface area contributed by atoms with E-state index in [-0.39, 0.29) is 25.3 Å². The van der Waals surface area contributed by atoms with Crippen LogP contribution in [0.1, 0.15) is 5.56 Å². The summed E-state index contributed by atoms with van der Waals surface area (Å²) in [7, 11) is 0. The Balaban J connectivity index is 2.44. The van der Waals surface area contributed by atoms with Gasteiger partial charge in [0.1, 0.15) is 11.6 Å². The van der Waals surface area contributed by atoms with Crippen LogP contribution in [0.15, 0.2) is 18.2 Å². The third-order valence-corrected chi connectivity index (χ3v) is 1.85. The van der Waals surface area contributed by atoms with Crippen LogP contribution in [0, 0.1) is 11.6 Å². The highest BCUT2D eigenvalue weighted by molar-refractivity contribution is 5.17. The van der Waals surface area contributed by atoms with Crippen LogP contribution in [0.25, 0.3) is 0 Å². The summed E-state index contributed by atoms with van der Waals surface area (Å²) in [4.78, 5) is 0. The van der Waals surface area contributed by atoms with Gasteiger partial charge in [-0.2, -0.15) is 0 Å². The van der Waals surface area contributed by atoms with Gasteiger partial charge in [-0.05, 0) is 6.07 Å². The van der Waals surface area contributed by atoms with E-state index in [1.807, 2.05) is 0 Å². The maximum atomic E-state index is 13.0. The summed E-state index contributed by atoms with van der Waals surface area (Å²) in [6.45, 7) is 0.113. The predicted molar refractivity (Wildman–Crippen MR) is 51.1 cm³/mol. The minimum atomic E-state index is -0.756. The van der Waals surface area contributed by atoms with E-state index in [1.54, 1.807) is 0 Å².